The summed E-state index contributed by atoms with van der Waals surface area (Å²) in [6.45, 7) is 4.80. The van der Waals surface area contributed by atoms with E-state index in [2.05, 4.69) is 0 Å². The van der Waals surface area contributed by atoms with E-state index in [1.54, 1.807) is 49.4 Å². The van der Waals surface area contributed by atoms with Crippen LogP contribution in [0.2, 0.25) is 0 Å². The Kier molecular flexibility index (Phi) is 7.57. The highest BCUT2D eigenvalue weighted by atomic mass is 16.6. The number of nitro groups is 1. The van der Waals surface area contributed by atoms with Crippen LogP contribution in [-0.2, 0) is 14.3 Å². The zero-order chi connectivity index (χ0) is 32.0. The number of ether oxygens (including phenoxy) is 1. The highest BCUT2D eigenvalue weighted by Gasteiger charge is 2.50. The Morgan fingerprint density at radius 2 is 1.76 bits per heavy atom. The maximum Gasteiger partial charge on any atom is 0.339 e. The molecule has 226 valence electrons. The van der Waals surface area contributed by atoms with E-state index in [0.717, 1.165) is 5.56 Å². The van der Waals surface area contributed by atoms with Gasteiger partial charge in [0.2, 0.25) is 17.6 Å². The fourth-order valence-corrected chi connectivity index (χ4v) is 6.11. The van der Waals surface area contributed by atoms with Crippen molar-refractivity contribution >= 4 is 45.8 Å². The molecule has 1 aromatic heterocycles. The van der Waals surface area contributed by atoms with Gasteiger partial charge in [-0.25, -0.2) is 9.78 Å². The Labute approximate surface area is 258 Å². The fourth-order valence-electron chi connectivity index (χ4n) is 6.11. The van der Waals surface area contributed by atoms with E-state index in [0.29, 0.717) is 39.8 Å². The molecular formula is C35H29N3O7. The van der Waals surface area contributed by atoms with Crippen molar-refractivity contribution in [3.05, 3.63) is 111 Å². The monoisotopic (exact) mass is 603 g/mol. The normalized spacial score (nSPS) is 19.1. The number of benzene rings is 3. The summed E-state index contributed by atoms with van der Waals surface area (Å²) >= 11 is 0. The lowest BCUT2D eigenvalue weighted by atomic mass is 9.78. The number of aromatic nitrogens is 1. The number of ketones is 1. The van der Waals surface area contributed by atoms with Crippen molar-refractivity contribution in [2.45, 2.75) is 27.2 Å². The third kappa shape index (κ3) is 5.39. The first-order chi connectivity index (χ1) is 21.5. The van der Waals surface area contributed by atoms with Gasteiger partial charge in [-0.05, 0) is 56.5 Å². The van der Waals surface area contributed by atoms with Gasteiger partial charge < -0.3 is 4.74 Å². The van der Waals surface area contributed by atoms with Gasteiger partial charge in [-0.15, -0.1) is 0 Å². The smallest absolute Gasteiger partial charge is 0.339 e. The Morgan fingerprint density at radius 1 is 1.00 bits per heavy atom. The van der Waals surface area contributed by atoms with Crippen LogP contribution in [0.3, 0.4) is 0 Å². The number of amides is 2. The molecule has 45 heavy (non-hydrogen) atoms. The summed E-state index contributed by atoms with van der Waals surface area (Å²) < 4.78 is 5.41. The molecule has 3 atom stereocenters. The van der Waals surface area contributed by atoms with Crippen molar-refractivity contribution in [3.63, 3.8) is 0 Å². The van der Waals surface area contributed by atoms with Gasteiger partial charge in [-0.3, -0.25) is 29.4 Å². The quantitative estimate of drug-likeness (QED) is 0.0611. The number of rotatable bonds is 7. The second-order valence-electron chi connectivity index (χ2n) is 11.5. The van der Waals surface area contributed by atoms with E-state index in [9.17, 15) is 29.3 Å². The molecule has 0 bridgehead atoms. The predicted molar refractivity (Wildman–Crippen MR) is 167 cm³/mol. The Bertz CT molecular complexity index is 1950. The highest BCUT2D eigenvalue weighted by molar-refractivity contribution is 6.22. The summed E-state index contributed by atoms with van der Waals surface area (Å²) in [5.41, 5.74) is 3.48. The van der Waals surface area contributed by atoms with Gasteiger partial charge in [-0.2, -0.15) is 0 Å². The van der Waals surface area contributed by atoms with E-state index in [-0.39, 0.29) is 46.4 Å². The van der Waals surface area contributed by atoms with E-state index >= 15 is 0 Å². The molecule has 10 nitrogen and oxygen atoms in total. The Balaban J connectivity index is 1.27. The highest BCUT2D eigenvalue weighted by Crippen LogP contribution is 2.41. The molecule has 4 aromatic rings. The predicted octanol–water partition coefficient (Wildman–Crippen LogP) is 6.17. The summed E-state index contributed by atoms with van der Waals surface area (Å²) in [4.78, 5) is 69.3. The Morgan fingerprint density at radius 3 is 2.47 bits per heavy atom. The van der Waals surface area contributed by atoms with Crippen molar-refractivity contribution in [2.24, 2.45) is 17.8 Å². The Hall–Kier alpha value is -5.51. The summed E-state index contributed by atoms with van der Waals surface area (Å²) in [6, 6.07) is 18.0. The SMILES string of the molecule is Cc1ccc2nc(-c3ccc(N4C(=O)C5CC=CC(C)C5C4=O)cc3)cc(C(=O)OCC(=O)c3ccc(C)c([N+](=O)[O-])c3)c2c1. The number of pyridine rings is 1. The minimum absolute atomic E-state index is 0.0150. The number of aryl methyl sites for hydroxylation is 2. The lowest BCUT2D eigenvalue weighted by molar-refractivity contribution is -0.385. The van der Waals surface area contributed by atoms with Crippen LogP contribution in [0.5, 0.6) is 0 Å². The largest absolute Gasteiger partial charge is 0.454 e. The van der Waals surface area contributed by atoms with Gasteiger partial charge in [-0.1, -0.05) is 55.0 Å². The molecule has 10 heteroatoms. The molecule has 1 fully saturated rings. The molecular weight excluding hydrogens is 574 g/mol. The van der Waals surface area contributed by atoms with E-state index in [1.807, 2.05) is 32.1 Å². The van der Waals surface area contributed by atoms with Gasteiger partial charge >= 0.3 is 5.97 Å². The average molecular weight is 604 g/mol. The average Bonchev–Trinajstić information content (AvgIpc) is 3.29. The maximum absolute atomic E-state index is 13.4. The molecule has 2 amide bonds. The molecule has 2 heterocycles. The molecule has 0 N–H and O–H groups in total. The number of nitro benzene ring substituents is 1. The first-order valence-electron chi connectivity index (χ1n) is 14.5. The summed E-state index contributed by atoms with van der Waals surface area (Å²) in [5.74, 6) is -2.47. The molecule has 3 aromatic carbocycles. The van der Waals surface area contributed by atoms with Crippen LogP contribution in [0.25, 0.3) is 22.2 Å². The van der Waals surface area contributed by atoms with E-state index in [4.69, 9.17) is 9.72 Å². The molecule has 0 spiro atoms. The van der Waals surface area contributed by atoms with Crippen molar-refractivity contribution in [1.82, 2.24) is 4.98 Å². The first kappa shape index (κ1) is 29.6. The third-order valence-corrected chi connectivity index (χ3v) is 8.54. The van der Waals surface area contributed by atoms with Crippen LogP contribution < -0.4 is 4.90 Å². The molecule has 2 aliphatic rings. The fraction of sp³-hybridized carbons (Fsp3) is 0.229. The zero-order valence-corrected chi connectivity index (χ0v) is 24.9. The summed E-state index contributed by atoms with van der Waals surface area (Å²) in [5, 5.41) is 11.8. The van der Waals surface area contributed by atoms with Crippen molar-refractivity contribution in [1.29, 1.82) is 0 Å². The number of carbonyl (C=O) groups is 4. The van der Waals surface area contributed by atoms with Crippen LogP contribution in [0.15, 0.2) is 78.9 Å². The standard InChI is InChI=1S/C35H29N3O7/c1-19-7-14-28-26(15-19)27(35(42)45-18-31(39)23-9-8-20(2)30(16-23)38(43)44)17-29(36-28)22-10-12-24(13-11-22)37-33(40)25-6-4-5-21(3)32(25)34(37)41/h4-5,7-17,21,25,32H,6,18H2,1-3H3. The molecule has 1 aliphatic carbocycles. The zero-order valence-electron chi connectivity index (χ0n) is 24.9. The number of allylic oxidation sites excluding steroid dienone is 2. The number of Topliss-reactive ketones (excluding diaryl/α,β-unsaturated/α-hetero) is 1. The number of esters is 1. The van der Waals surface area contributed by atoms with Crippen molar-refractivity contribution < 1.29 is 28.8 Å². The minimum Gasteiger partial charge on any atom is -0.454 e. The van der Waals surface area contributed by atoms with E-state index < -0.39 is 23.3 Å². The molecule has 1 aliphatic heterocycles. The number of carbonyl (C=O) groups excluding carboxylic acids is 4. The van der Waals surface area contributed by atoms with Gasteiger partial charge in [0.15, 0.2) is 6.61 Å². The van der Waals surface area contributed by atoms with Crippen LogP contribution >= 0.6 is 0 Å². The minimum atomic E-state index is -0.751. The lowest BCUT2D eigenvalue weighted by Gasteiger charge is -2.22. The lowest BCUT2D eigenvalue weighted by Crippen LogP contribution is -2.31. The summed E-state index contributed by atoms with van der Waals surface area (Å²) in [7, 11) is 0. The molecule has 0 radical (unpaired) electrons. The van der Waals surface area contributed by atoms with Crippen LogP contribution in [0.1, 0.15) is 45.2 Å². The number of anilines is 1. The number of hydrogen-bond donors (Lipinski definition) is 0. The van der Waals surface area contributed by atoms with Crippen LogP contribution in [0, 0.1) is 41.7 Å². The van der Waals surface area contributed by atoms with Crippen molar-refractivity contribution in [2.75, 3.05) is 11.5 Å². The molecule has 1 saturated heterocycles. The van der Waals surface area contributed by atoms with Gasteiger partial charge in [0, 0.05) is 28.1 Å². The second-order valence-corrected chi connectivity index (χ2v) is 11.5. The molecule has 3 unspecified atom stereocenters. The van der Waals surface area contributed by atoms with Gasteiger partial charge in [0.25, 0.3) is 5.69 Å². The first-order valence-corrected chi connectivity index (χ1v) is 14.5. The number of nitrogens with zero attached hydrogens (tertiary/aromatic N) is 3. The third-order valence-electron chi connectivity index (χ3n) is 8.54. The topological polar surface area (TPSA) is 137 Å². The van der Waals surface area contributed by atoms with Gasteiger partial charge in [0.05, 0.1) is 39.2 Å². The molecule has 0 saturated carbocycles. The van der Waals surface area contributed by atoms with Gasteiger partial charge in [0.1, 0.15) is 0 Å². The van der Waals surface area contributed by atoms with E-state index in [1.165, 1.54) is 23.1 Å². The maximum atomic E-state index is 13.4. The number of hydrogen-bond acceptors (Lipinski definition) is 8. The van der Waals surface area contributed by atoms with Crippen LogP contribution in [0.4, 0.5) is 11.4 Å². The number of fused-ring (bicyclic) bond motifs is 2. The van der Waals surface area contributed by atoms with Crippen molar-refractivity contribution in [3.8, 4) is 11.3 Å². The van der Waals surface area contributed by atoms with Crippen LogP contribution in [-0.4, -0.2) is 40.1 Å². The summed E-state index contributed by atoms with van der Waals surface area (Å²) in [6.07, 6.45) is 4.49. The molecule has 6 rings (SSSR count). The number of imide groups is 1. The second kappa shape index (κ2) is 11.5.